The van der Waals surface area contributed by atoms with Crippen molar-refractivity contribution in [3.8, 4) is 11.5 Å². The molecule has 4 aromatic rings. The van der Waals surface area contributed by atoms with E-state index >= 15 is 0 Å². The molecule has 4 rings (SSSR count). The summed E-state index contributed by atoms with van der Waals surface area (Å²) < 4.78 is 7.16. The van der Waals surface area contributed by atoms with Crippen LogP contribution in [-0.2, 0) is 11.2 Å². The molecule has 1 N–H and O–H groups in total. The van der Waals surface area contributed by atoms with Gasteiger partial charge in [-0.1, -0.05) is 17.3 Å². The monoisotopic (exact) mass is 423 g/mol. The maximum atomic E-state index is 12.6. The average molecular weight is 424 g/mol. The molecule has 9 nitrogen and oxygen atoms in total. The molecular formula is C20H21N7O2S. The summed E-state index contributed by atoms with van der Waals surface area (Å²) in [7, 11) is 0. The first-order valence-corrected chi connectivity index (χ1v) is 11.0. The van der Waals surface area contributed by atoms with Gasteiger partial charge in [0.2, 0.25) is 17.6 Å². The van der Waals surface area contributed by atoms with Crippen molar-refractivity contribution >= 4 is 23.3 Å². The molecule has 0 aliphatic heterocycles. The molecule has 154 valence electrons. The molecule has 1 unspecified atom stereocenters. The van der Waals surface area contributed by atoms with Crippen molar-refractivity contribution < 1.29 is 9.32 Å². The normalized spacial score (nSPS) is 12.2. The van der Waals surface area contributed by atoms with Gasteiger partial charge >= 0.3 is 0 Å². The van der Waals surface area contributed by atoms with E-state index in [9.17, 15) is 4.79 Å². The number of amides is 1. The highest BCUT2D eigenvalue weighted by Crippen LogP contribution is 2.19. The van der Waals surface area contributed by atoms with Gasteiger partial charge in [0.1, 0.15) is 5.69 Å². The molecule has 0 aromatic carbocycles. The van der Waals surface area contributed by atoms with Gasteiger partial charge in [-0.2, -0.15) is 16.7 Å². The second-order valence-electron chi connectivity index (χ2n) is 6.62. The molecule has 0 radical (unpaired) electrons. The van der Waals surface area contributed by atoms with Crippen LogP contribution in [0.3, 0.4) is 0 Å². The standard InChI is InChI=1S/C20H21N7O2S/c1-30-13-10-15(20-25-24-16-7-3-5-12-27(16)20)22-17(28)8-9-18-23-19(26-29-18)14-6-2-4-11-21-14/h2-7,11-12,15H,8-10,13H2,1H3,(H,22,28). The number of carbonyl (C=O) groups excluding carboxylic acids is 1. The highest BCUT2D eigenvalue weighted by Gasteiger charge is 2.20. The fourth-order valence-corrected chi connectivity index (χ4v) is 3.51. The number of pyridine rings is 2. The molecule has 0 saturated carbocycles. The summed E-state index contributed by atoms with van der Waals surface area (Å²) in [5.74, 6) is 2.33. The minimum Gasteiger partial charge on any atom is -0.346 e. The van der Waals surface area contributed by atoms with E-state index in [0.29, 0.717) is 23.8 Å². The van der Waals surface area contributed by atoms with Crippen molar-refractivity contribution in [3.05, 3.63) is 60.5 Å². The third-order valence-corrected chi connectivity index (χ3v) is 5.17. The highest BCUT2D eigenvalue weighted by atomic mass is 32.2. The number of carbonyl (C=O) groups is 1. The Morgan fingerprint density at radius 2 is 2.13 bits per heavy atom. The number of thioether (sulfide) groups is 1. The van der Waals surface area contributed by atoms with Crippen LogP contribution < -0.4 is 5.32 Å². The van der Waals surface area contributed by atoms with Crippen LogP contribution in [0, 0.1) is 0 Å². The highest BCUT2D eigenvalue weighted by molar-refractivity contribution is 7.98. The lowest BCUT2D eigenvalue weighted by molar-refractivity contribution is -0.122. The first kappa shape index (κ1) is 20.0. The molecule has 4 aromatic heterocycles. The Kier molecular flexibility index (Phi) is 6.33. The minimum absolute atomic E-state index is 0.105. The van der Waals surface area contributed by atoms with Gasteiger partial charge in [0.05, 0.1) is 6.04 Å². The van der Waals surface area contributed by atoms with Crippen LogP contribution in [0.25, 0.3) is 17.2 Å². The van der Waals surface area contributed by atoms with E-state index in [2.05, 4.69) is 30.6 Å². The number of aryl methyl sites for hydroxylation is 1. The Labute approximate surface area is 177 Å². The molecule has 10 heteroatoms. The van der Waals surface area contributed by atoms with Gasteiger partial charge in [-0.15, -0.1) is 10.2 Å². The van der Waals surface area contributed by atoms with E-state index in [1.165, 1.54) is 0 Å². The molecule has 0 aliphatic carbocycles. The Morgan fingerprint density at radius 3 is 2.97 bits per heavy atom. The smallest absolute Gasteiger partial charge is 0.227 e. The topological polar surface area (TPSA) is 111 Å². The number of fused-ring (bicyclic) bond motifs is 1. The number of hydrogen-bond acceptors (Lipinski definition) is 8. The molecule has 4 heterocycles. The number of hydrogen-bond donors (Lipinski definition) is 1. The fraction of sp³-hybridized carbons (Fsp3) is 0.300. The van der Waals surface area contributed by atoms with Gasteiger partial charge in [0, 0.05) is 25.2 Å². The zero-order valence-electron chi connectivity index (χ0n) is 16.4. The van der Waals surface area contributed by atoms with E-state index < -0.39 is 0 Å². The predicted molar refractivity (Wildman–Crippen MR) is 113 cm³/mol. The quantitative estimate of drug-likeness (QED) is 0.437. The summed E-state index contributed by atoms with van der Waals surface area (Å²) in [6.45, 7) is 0. The van der Waals surface area contributed by atoms with E-state index in [-0.39, 0.29) is 18.4 Å². The predicted octanol–water partition coefficient (Wildman–Crippen LogP) is 2.72. The van der Waals surface area contributed by atoms with Crippen LogP contribution in [0.1, 0.15) is 30.6 Å². The number of nitrogens with one attached hydrogen (secondary N) is 1. The molecule has 0 fully saturated rings. The second-order valence-corrected chi connectivity index (χ2v) is 7.60. The summed E-state index contributed by atoms with van der Waals surface area (Å²) in [6, 6.07) is 11.0. The Morgan fingerprint density at radius 1 is 1.23 bits per heavy atom. The van der Waals surface area contributed by atoms with Gasteiger partial charge in [-0.25, -0.2) is 0 Å². The largest absolute Gasteiger partial charge is 0.346 e. The maximum absolute atomic E-state index is 12.6. The van der Waals surface area contributed by atoms with E-state index in [4.69, 9.17) is 4.52 Å². The van der Waals surface area contributed by atoms with Gasteiger partial charge in [0.15, 0.2) is 11.5 Å². The maximum Gasteiger partial charge on any atom is 0.227 e. The molecular weight excluding hydrogens is 402 g/mol. The van der Waals surface area contributed by atoms with Crippen LogP contribution in [0.4, 0.5) is 0 Å². The zero-order chi connectivity index (χ0) is 20.8. The van der Waals surface area contributed by atoms with Crippen LogP contribution in [0.15, 0.2) is 53.3 Å². The molecule has 0 spiro atoms. The summed E-state index contributed by atoms with van der Waals surface area (Å²) in [5.41, 5.74) is 1.39. The molecule has 30 heavy (non-hydrogen) atoms. The van der Waals surface area contributed by atoms with Crippen molar-refractivity contribution in [1.29, 1.82) is 0 Å². The van der Waals surface area contributed by atoms with Crippen LogP contribution in [0.5, 0.6) is 0 Å². The second kappa shape index (κ2) is 9.49. The lowest BCUT2D eigenvalue weighted by Gasteiger charge is -2.16. The fourth-order valence-electron chi connectivity index (χ4n) is 3.04. The van der Waals surface area contributed by atoms with Crippen molar-refractivity contribution in [2.45, 2.75) is 25.3 Å². The van der Waals surface area contributed by atoms with Gasteiger partial charge < -0.3 is 9.84 Å². The summed E-state index contributed by atoms with van der Waals surface area (Å²) >= 11 is 1.72. The van der Waals surface area contributed by atoms with Crippen LogP contribution in [-0.4, -0.2) is 47.6 Å². The first-order chi connectivity index (χ1) is 14.7. The van der Waals surface area contributed by atoms with E-state index in [1.807, 2.05) is 47.2 Å². The van der Waals surface area contributed by atoms with Gasteiger partial charge in [-0.05, 0) is 42.7 Å². The number of rotatable bonds is 9. The zero-order valence-corrected chi connectivity index (χ0v) is 17.2. The van der Waals surface area contributed by atoms with Gasteiger partial charge in [-0.3, -0.25) is 14.2 Å². The third kappa shape index (κ3) is 4.65. The van der Waals surface area contributed by atoms with Crippen LogP contribution in [0.2, 0.25) is 0 Å². The molecule has 0 saturated heterocycles. The van der Waals surface area contributed by atoms with E-state index in [1.54, 1.807) is 24.0 Å². The van der Waals surface area contributed by atoms with Crippen molar-refractivity contribution in [1.82, 2.24) is 35.0 Å². The summed E-state index contributed by atoms with van der Waals surface area (Å²) in [6.07, 6.45) is 6.95. The van der Waals surface area contributed by atoms with Crippen molar-refractivity contribution in [3.63, 3.8) is 0 Å². The first-order valence-electron chi connectivity index (χ1n) is 9.56. The molecule has 1 amide bonds. The van der Waals surface area contributed by atoms with Crippen molar-refractivity contribution in [2.24, 2.45) is 0 Å². The number of aromatic nitrogens is 6. The van der Waals surface area contributed by atoms with Crippen molar-refractivity contribution in [2.75, 3.05) is 12.0 Å². The summed E-state index contributed by atoms with van der Waals surface area (Å²) in [4.78, 5) is 21.1. The Bertz CT molecular complexity index is 1110. The summed E-state index contributed by atoms with van der Waals surface area (Å²) in [5, 5.41) is 15.5. The molecule has 0 bridgehead atoms. The van der Waals surface area contributed by atoms with Gasteiger partial charge in [0.25, 0.3) is 0 Å². The average Bonchev–Trinajstić information content (AvgIpc) is 3.43. The lowest BCUT2D eigenvalue weighted by atomic mass is 10.2. The Balaban J connectivity index is 1.40. The minimum atomic E-state index is -0.228. The Hall–Kier alpha value is -3.27. The number of nitrogens with zero attached hydrogens (tertiary/aromatic N) is 6. The SMILES string of the molecule is CSCCC(NC(=O)CCc1nc(-c2ccccn2)no1)c1nnc2ccccn12. The third-order valence-electron chi connectivity index (χ3n) is 4.53. The molecule has 1 atom stereocenters. The van der Waals surface area contributed by atoms with E-state index in [0.717, 1.165) is 23.6 Å². The van der Waals surface area contributed by atoms with Crippen LogP contribution >= 0.6 is 11.8 Å². The lowest BCUT2D eigenvalue weighted by Crippen LogP contribution is -2.30. The molecule has 0 aliphatic rings.